The number of aromatic nitrogens is 2. The zero-order valence-electron chi connectivity index (χ0n) is 17.2. The van der Waals surface area contributed by atoms with Crippen molar-refractivity contribution in [2.75, 3.05) is 0 Å². The molecule has 0 spiro atoms. The minimum Gasteiger partial charge on any atom is -0.292 e. The quantitative estimate of drug-likeness (QED) is 0.417. The van der Waals surface area contributed by atoms with E-state index in [1.54, 1.807) is 13.8 Å². The van der Waals surface area contributed by atoms with E-state index < -0.39 is 0 Å². The van der Waals surface area contributed by atoms with Crippen LogP contribution in [0, 0.1) is 33.5 Å². The SMILES string of the molecule is Cc1ccc(-c2csc3nc(C)n(CC(=O)c4ccc(F)c(C)c4)c(=O)c23)c(C)c1. The monoisotopic (exact) mass is 420 g/mol. The van der Waals surface area contributed by atoms with Crippen LogP contribution >= 0.6 is 11.3 Å². The highest BCUT2D eigenvalue weighted by atomic mass is 32.1. The second-order valence-corrected chi connectivity index (χ2v) is 8.44. The van der Waals surface area contributed by atoms with Gasteiger partial charge in [-0.15, -0.1) is 11.3 Å². The molecule has 6 heteroatoms. The molecule has 0 aliphatic carbocycles. The predicted octanol–water partition coefficient (Wildman–Crippen LogP) is 5.38. The molecule has 2 heterocycles. The lowest BCUT2D eigenvalue weighted by Gasteiger charge is -2.11. The third-order valence-corrected chi connectivity index (χ3v) is 6.21. The summed E-state index contributed by atoms with van der Waals surface area (Å²) in [6.45, 7) is 7.25. The van der Waals surface area contributed by atoms with Gasteiger partial charge in [-0.2, -0.15) is 0 Å². The zero-order valence-corrected chi connectivity index (χ0v) is 18.1. The fourth-order valence-corrected chi connectivity index (χ4v) is 4.65. The van der Waals surface area contributed by atoms with E-state index >= 15 is 0 Å². The Kier molecular flexibility index (Phi) is 5.12. The minimum atomic E-state index is -0.362. The van der Waals surface area contributed by atoms with E-state index in [0.29, 0.717) is 27.2 Å². The van der Waals surface area contributed by atoms with Gasteiger partial charge in [-0.25, -0.2) is 9.37 Å². The van der Waals surface area contributed by atoms with Gasteiger partial charge in [0, 0.05) is 16.5 Å². The first-order valence-electron chi connectivity index (χ1n) is 9.62. The summed E-state index contributed by atoms with van der Waals surface area (Å²) in [6.07, 6.45) is 0. The van der Waals surface area contributed by atoms with Gasteiger partial charge >= 0.3 is 0 Å². The number of fused-ring (bicyclic) bond motifs is 1. The molecule has 4 nitrogen and oxygen atoms in total. The predicted molar refractivity (Wildman–Crippen MR) is 119 cm³/mol. The van der Waals surface area contributed by atoms with Crippen LogP contribution < -0.4 is 5.56 Å². The number of ketones is 1. The van der Waals surface area contributed by atoms with Crippen LogP contribution in [0.3, 0.4) is 0 Å². The van der Waals surface area contributed by atoms with Crippen molar-refractivity contribution in [3.8, 4) is 11.1 Å². The summed E-state index contributed by atoms with van der Waals surface area (Å²) in [7, 11) is 0. The number of Topliss-reactive ketones (excluding diaryl/α,β-unsaturated/α-hetero) is 1. The first-order valence-corrected chi connectivity index (χ1v) is 10.5. The zero-order chi connectivity index (χ0) is 21.6. The molecule has 0 radical (unpaired) electrons. The summed E-state index contributed by atoms with van der Waals surface area (Å²) in [5.41, 5.74) is 4.60. The number of hydrogen-bond acceptors (Lipinski definition) is 4. The summed E-state index contributed by atoms with van der Waals surface area (Å²) in [5, 5.41) is 2.48. The molecule has 0 aliphatic heterocycles. The van der Waals surface area contributed by atoms with Crippen molar-refractivity contribution >= 4 is 27.3 Å². The number of carbonyl (C=O) groups excluding carboxylic acids is 1. The van der Waals surface area contributed by atoms with Crippen LogP contribution in [0.1, 0.15) is 32.9 Å². The largest absolute Gasteiger partial charge is 0.292 e. The van der Waals surface area contributed by atoms with E-state index in [1.165, 1.54) is 34.1 Å². The molecule has 2 aromatic carbocycles. The maximum atomic E-state index is 13.5. The Morgan fingerprint density at radius 3 is 2.50 bits per heavy atom. The first-order chi connectivity index (χ1) is 14.3. The summed E-state index contributed by atoms with van der Waals surface area (Å²) in [6, 6.07) is 10.4. The number of hydrogen-bond donors (Lipinski definition) is 0. The molecule has 4 rings (SSSR count). The fourth-order valence-electron chi connectivity index (χ4n) is 3.68. The second-order valence-electron chi connectivity index (χ2n) is 7.59. The van der Waals surface area contributed by atoms with E-state index in [-0.39, 0.29) is 23.7 Å². The highest BCUT2D eigenvalue weighted by molar-refractivity contribution is 7.17. The Bertz CT molecular complexity index is 1370. The van der Waals surface area contributed by atoms with Crippen molar-refractivity contribution in [3.05, 3.63) is 86.0 Å². The van der Waals surface area contributed by atoms with Crippen molar-refractivity contribution in [2.24, 2.45) is 0 Å². The summed E-state index contributed by atoms with van der Waals surface area (Å²) < 4.78 is 14.9. The van der Waals surface area contributed by atoms with E-state index in [4.69, 9.17) is 0 Å². The van der Waals surface area contributed by atoms with Gasteiger partial charge in [0.25, 0.3) is 5.56 Å². The van der Waals surface area contributed by atoms with Gasteiger partial charge in [0.05, 0.1) is 11.9 Å². The second kappa shape index (κ2) is 7.61. The lowest BCUT2D eigenvalue weighted by molar-refractivity contribution is 0.0969. The smallest absolute Gasteiger partial charge is 0.263 e. The third kappa shape index (κ3) is 3.48. The molecule has 0 bridgehead atoms. The summed E-state index contributed by atoms with van der Waals surface area (Å²) in [4.78, 5) is 31.4. The molecule has 0 atom stereocenters. The van der Waals surface area contributed by atoms with Gasteiger partial charge in [-0.3, -0.25) is 14.2 Å². The van der Waals surface area contributed by atoms with Gasteiger partial charge < -0.3 is 0 Å². The van der Waals surface area contributed by atoms with E-state index in [9.17, 15) is 14.0 Å². The molecule has 0 amide bonds. The molecular weight excluding hydrogens is 399 g/mol. The number of aryl methyl sites for hydroxylation is 4. The van der Waals surface area contributed by atoms with Crippen LogP contribution in [0.4, 0.5) is 4.39 Å². The molecule has 0 aliphatic rings. The number of thiophene rings is 1. The van der Waals surface area contributed by atoms with Crippen LogP contribution in [0.15, 0.2) is 46.6 Å². The molecule has 0 saturated carbocycles. The molecular formula is C24H21FN2O2S. The molecule has 2 aromatic heterocycles. The van der Waals surface area contributed by atoms with Gasteiger partial charge in [-0.1, -0.05) is 23.8 Å². The first kappa shape index (κ1) is 20.2. The van der Waals surface area contributed by atoms with Crippen molar-refractivity contribution in [1.29, 1.82) is 0 Å². The number of nitrogens with zero attached hydrogens (tertiary/aromatic N) is 2. The maximum absolute atomic E-state index is 13.5. The molecule has 30 heavy (non-hydrogen) atoms. The highest BCUT2D eigenvalue weighted by Gasteiger charge is 2.19. The fraction of sp³-hybridized carbons (Fsp3) is 0.208. The average molecular weight is 421 g/mol. The van der Waals surface area contributed by atoms with Crippen LogP contribution in [0.2, 0.25) is 0 Å². The number of rotatable bonds is 4. The Morgan fingerprint density at radius 1 is 1.03 bits per heavy atom. The summed E-state index contributed by atoms with van der Waals surface area (Å²) in [5.74, 6) is -0.138. The van der Waals surface area contributed by atoms with E-state index in [1.807, 2.05) is 31.4 Å². The molecule has 0 fully saturated rings. The van der Waals surface area contributed by atoms with Gasteiger partial charge in [0.2, 0.25) is 0 Å². The molecule has 4 aromatic rings. The molecule has 0 N–H and O–H groups in total. The van der Waals surface area contributed by atoms with Crippen LogP contribution in [-0.2, 0) is 6.54 Å². The third-order valence-electron chi connectivity index (χ3n) is 5.34. The van der Waals surface area contributed by atoms with E-state index in [2.05, 4.69) is 11.1 Å². The topological polar surface area (TPSA) is 52.0 Å². The Morgan fingerprint density at radius 2 is 1.80 bits per heavy atom. The van der Waals surface area contributed by atoms with Gasteiger partial charge in [0.1, 0.15) is 16.5 Å². The Hall–Kier alpha value is -3.12. The Labute approximate surface area is 177 Å². The molecule has 0 saturated heterocycles. The number of benzene rings is 2. The lowest BCUT2D eigenvalue weighted by atomic mass is 9.99. The van der Waals surface area contributed by atoms with Crippen LogP contribution in [0.25, 0.3) is 21.3 Å². The van der Waals surface area contributed by atoms with Crippen molar-refractivity contribution < 1.29 is 9.18 Å². The van der Waals surface area contributed by atoms with Crippen molar-refractivity contribution in [2.45, 2.75) is 34.2 Å². The molecule has 0 unspecified atom stereocenters. The maximum Gasteiger partial charge on any atom is 0.263 e. The molecule has 152 valence electrons. The lowest BCUT2D eigenvalue weighted by Crippen LogP contribution is -2.27. The normalized spacial score (nSPS) is 11.2. The van der Waals surface area contributed by atoms with Crippen molar-refractivity contribution in [1.82, 2.24) is 9.55 Å². The average Bonchev–Trinajstić information content (AvgIpc) is 3.10. The Balaban J connectivity index is 1.82. The number of carbonyl (C=O) groups is 1. The van der Waals surface area contributed by atoms with Crippen LogP contribution in [-0.4, -0.2) is 15.3 Å². The van der Waals surface area contributed by atoms with Crippen LogP contribution in [0.5, 0.6) is 0 Å². The minimum absolute atomic E-state index is 0.138. The van der Waals surface area contributed by atoms with Gasteiger partial charge in [0.15, 0.2) is 5.78 Å². The number of halogens is 1. The summed E-state index contributed by atoms with van der Waals surface area (Å²) >= 11 is 1.43. The van der Waals surface area contributed by atoms with Gasteiger partial charge in [-0.05, 0) is 62.6 Å². The highest BCUT2D eigenvalue weighted by Crippen LogP contribution is 2.33. The van der Waals surface area contributed by atoms with Crippen molar-refractivity contribution in [3.63, 3.8) is 0 Å². The van der Waals surface area contributed by atoms with E-state index in [0.717, 1.165) is 22.3 Å². The standard InChI is InChI=1S/C24H21FN2O2S/c1-13-5-7-18(14(2)9-13)19-12-30-23-22(19)24(29)27(16(4)26-23)11-21(28)17-6-8-20(25)15(3)10-17/h5-10,12H,11H2,1-4H3.